The van der Waals surface area contributed by atoms with Gasteiger partial charge in [-0.3, -0.25) is 4.79 Å². The van der Waals surface area contributed by atoms with E-state index in [-0.39, 0.29) is 24.1 Å². The average Bonchev–Trinajstić information content (AvgIpc) is 2.60. The van der Waals surface area contributed by atoms with Crippen molar-refractivity contribution < 1.29 is 23.7 Å². The van der Waals surface area contributed by atoms with Crippen molar-refractivity contribution in [2.75, 3.05) is 34.5 Å². The molecule has 0 spiro atoms. The third-order valence-electron chi connectivity index (χ3n) is 4.14. The van der Waals surface area contributed by atoms with E-state index < -0.39 is 0 Å². The smallest absolute Gasteiger partial charge is 0.240 e. The number of ether oxygens (including phenoxy) is 4. The van der Waals surface area contributed by atoms with E-state index in [1.165, 1.54) is 0 Å². The zero-order valence-electron chi connectivity index (χ0n) is 14.8. The number of nitrogens with one attached hydrogen (secondary N) is 2. The van der Waals surface area contributed by atoms with Crippen molar-refractivity contribution in [1.29, 1.82) is 0 Å². The lowest BCUT2D eigenvalue weighted by atomic mass is 10.0. The third kappa shape index (κ3) is 3.91. The van der Waals surface area contributed by atoms with Gasteiger partial charge in [-0.2, -0.15) is 0 Å². The van der Waals surface area contributed by atoms with Gasteiger partial charge in [-0.15, -0.1) is 0 Å². The highest BCUT2D eigenvalue weighted by atomic mass is 16.5. The van der Waals surface area contributed by atoms with Crippen LogP contribution < -0.4 is 24.8 Å². The van der Waals surface area contributed by atoms with Crippen LogP contribution in [0.25, 0.3) is 0 Å². The van der Waals surface area contributed by atoms with Crippen LogP contribution in [-0.2, 0) is 9.53 Å². The van der Waals surface area contributed by atoms with Crippen LogP contribution in [0, 0.1) is 0 Å². The second-order valence-corrected chi connectivity index (χ2v) is 5.70. The predicted octanol–water partition coefficient (Wildman–Crippen LogP) is 1.27. The highest BCUT2D eigenvalue weighted by molar-refractivity contribution is 5.83. The van der Waals surface area contributed by atoms with Crippen LogP contribution in [0.3, 0.4) is 0 Å². The maximum Gasteiger partial charge on any atom is 0.240 e. The topological polar surface area (TPSA) is 78.1 Å². The molecular formula is C17H26N2O5. The van der Waals surface area contributed by atoms with Crippen LogP contribution in [0.2, 0.25) is 0 Å². The molecule has 0 radical (unpaired) electrons. The minimum Gasteiger partial charge on any atom is -0.493 e. The highest BCUT2D eigenvalue weighted by Gasteiger charge is 2.29. The normalized spacial score (nSPS) is 21.7. The van der Waals surface area contributed by atoms with Crippen LogP contribution in [0.15, 0.2) is 12.1 Å². The molecule has 1 amide bonds. The van der Waals surface area contributed by atoms with E-state index >= 15 is 0 Å². The first-order valence-electron chi connectivity index (χ1n) is 7.97. The van der Waals surface area contributed by atoms with Gasteiger partial charge >= 0.3 is 0 Å². The summed E-state index contributed by atoms with van der Waals surface area (Å²) in [6.07, 6.45) is -0.161. The molecule has 2 rings (SSSR count). The number of benzene rings is 1. The Balaban J connectivity index is 2.16. The molecule has 1 unspecified atom stereocenters. The van der Waals surface area contributed by atoms with E-state index in [0.717, 1.165) is 5.56 Å². The number of carbonyl (C=O) groups excluding carboxylic acids is 1. The Labute approximate surface area is 142 Å². The molecule has 1 aliphatic heterocycles. The summed E-state index contributed by atoms with van der Waals surface area (Å²) < 4.78 is 21.6. The second kappa shape index (κ2) is 8.21. The molecule has 3 atom stereocenters. The van der Waals surface area contributed by atoms with Crippen LogP contribution in [0.1, 0.15) is 25.5 Å². The van der Waals surface area contributed by atoms with Gasteiger partial charge in [0.2, 0.25) is 11.7 Å². The van der Waals surface area contributed by atoms with Gasteiger partial charge in [0.25, 0.3) is 0 Å². The Morgan fingerprint density at radius 1 is 1.25 bits per heavy atom. The molecule has 1 aromatic rings. The molecule has 7 heteroatoms. The number of methoxy groups -OCH3 is 3. The fraction of sp³-hybridized carbons (Fsp3) is 0.588. The fourth-order valence-electron chi connectivity index (χ4n) is 2.77. The summed E-state index contributed by atoms with van der Waals surface area (Å²) >= 11 is 0. The second-order valence-electron chi connectivity index (χ2n) is 5.70. The first-order valence-corrected chi connectivity index (χ1v) is 7.97. The standard InChI is InChI=1S/C17H26N2O5/c1-10(19-17(20)15-11(2)24-7-6-18-15)12-8-13(21-3)16(23-5)14(9-12)22-4/h8-11,15,18H,6-7H2,1-5H3,(H,19,20)/t10?,11-,15+/m1/s1. The quantitative estimate of drug-likeness (QED) is 0.813. The highest BCUT2D eigenvalue weighted by Crippen LogP contribution is 2.39. The Kier molecular flexibility index (Phi) is 6.28. The van der Waals surface area contributed by atoms with Gasteiger partial charge in [0.05, 0.1) is 40.1 Å². The van der Waals surface area contributed by atoms with Crippen LogP contribution in [-0.4, -0.2) is 52.5 Å². The van der Waals surface area contributed by atoms with Gasteiger partial charge < -0.3 is 29.6 Å². The van der Waals surface area contributed by atoms with E-state index in [4.69, 9.17) is 18.9 Å². The molecule has 7 nitrogen and oxygen atoms in total. The Morgan fingerprint density at radius 2 is 1.88 bits per heavy atom. The lowest BCUT2D eigenvalue weighted by molar-refractivity contribution is -0.129. The largest absolute Gasteiger partial charge is 0.493 e. The van der Waals surface area contributed by atoms with Gasteiger partial charge in [-0.05, 0) is 31.5 Å². The summed E-state index contributed by atoms with van der Waals surface area (Å²) in [5.41, 5.74) is 0.863. The number of amides is 1. The third-order valence-corrected chi connectivity index (χ3v) is 4.14. The summed E-state index contributed by atoms with van der Waals surface area (Å²) in [4.78, 5) is 12.5. The van der Waals surface area contributed by atoms with Crippen LogP contribution in [0.5, 0.6) is 17.2 Å². The minimum atomic E-state index is -0.358. The SMILES string of the molecule is COc1cc(C(C)NC(=O)[C@H]2NCCO[C@@H]2C)cc(OC)c1OC. The molecule has 0 aromatic heterocycles. The molecule has 1 saturated heterocycles. The number of carbonyl (C=O) groups is 1. The summed E-state index contributed by atoms with van der Waals surface area (Å²) in [6, 6.07) is 3.09. The van der Waals surface area contributed by atoms with E-state index in [9.17, 15) is 4.79 Å². The van der Waals surface area contributed by atoms with Crippen molar-refractivity contribution in [3.05, 3.63) is 17.7 Å². The van der Waals surface area contributed by atoms with Crippen LogP contribution in [0.4, 0.5) is 0 Å². The maximum atomic E-state index is 12.5. The Hall–Kier alpha value is -1.99. The molecule has 1 aromatic carbocycles. The van der Waals surface area contributed by atoms with Gasteiger partial charge in [0, 0.05) is 6.54 Å². The van der Waals surface area contributed by atoms with E-state index in [1.54, 1.807) is 21.3 Å². The summed E-state index contributed by atoms with van der Waals surface area (Å²) in [5, 5.41) is 6.19. The van der Waals surface area contributed by atoms with Crippen LogP contribution >= 0.6 is 0 Å². The first kappa shape index (κ1) is 18.4. The van der Waals surface area contributed by atoms with Crippen molar-refractivity contribution in [3.63, 3.8) is 0 Å². The maximum absolute atomic E-state index is 12.5. The predicted molar refractivity (Wildman–Crippen MR) is 89.9 cm³/mol. The van der Waals surface area contributed by atoms with Crippen molar-refractivity contribution in [2.24, 2.45) is 0 Å². The minimum absolute atomic E-state index is 0.0940. The summed E-state index contributed by atoms with van der Waals surface area (Å²) in [7, 11) is 4.69. The molecule has 134 valence electrons. The van der Waals surface area contributed by atoms with E-state index in [0.29, 0.717) is 30.4 Å². The van der Waals surface area contributed by atoms with Crippen molar-refractivity contribution in [3.8, 4) is 17.2 Å². The van der Waals surface area contributed by atoms with E-state index in [1.807, 2.05) is 26.0 Å². The molecule has 0 aliphatic carbocycles. The lowest BCUT2D eigenvalue weighted by Crippen LogP contribution is -2.55. The zero-order chi connectivity index (χ0) is 17.7. The molecular weight excluding hydrogens is 312 g/mol. The molecule has 1 aliphatic rings. The molecule has 0 saturated carbocycles. The fourth-order valence-corrected chi connectivity index (χ4v) is 2.77. The zero-order valence-corrected chi connectivity index (χ0v) is 14.8. The molecule has 2 N–H and O–H groups in total. The first-order chi connectivity index (χ1) is 11.5. The molecule has 0 bridgehead atoms. The molecule has 24 heavy (non-hydrogen) atoms. The van der Waals surface area contributed by atoms with Crippen molar-refractivity contribution in [2.45, 2.75) is 32.0 Å². The molecule has 1 heterocycles. The monoisotopic (exact) mass is 338 g/mol. The Bertz CT molecular complexity index is 553. The lowest BCUT2D eigenvalue weighted by Gasteiger charge is -2.30. The van der Waals surface area contributed by atoms with Crippen molar-refractivity contribution in [1.82, 2.24) is 10.6 Å². The van der Waals surface area contributed by atoms with Gasteiger partial charge in [0.1, 0.15) is 6.04 Å². The number of hydrogen-bond donors (Lipinski definition) is 2. The number of morpholine rings is 1. The molecule has 1 fully saturated rings. The van der Waals surface area contributed by atoms with Gasteiger partial charge in [-0.1, -0.05) is 0 Å². The summed E-state index contributed by atoms with van der Waals surface area (Å²) in [5.74, 6) is 1.54. The van der Waals surface area contributed by atoms with E-state index in [2.05, 4.69) is 10.6 Å². The average molecular weight is 338 g/mol. The van der Waals surface area contributed by atoms with Crippen molar-refractivity contribution >= 4 is 5.91 Å². The Morgan fingerprint density at radius 3 is 2.38 bits per heavy atom. The summed E-state index contributed by atoms with van der Waals surface area (Å²) in [6.45, 7) is 5.09. The number of hydrogen-bond acceptors (Lipinski definition) is 6. The van der Waals surface area contributed by atoms with Gasteiger partial charge in [-0.25, -0.2) is 0 Å². The van der Waals surface area contributed by atoms with Gasteiger partial charge in [0.15, 0.2) is 11.5 Å². The number of rotatable bonds is 6.